The van der Waals surface area contributed by atoms with Crippen molar-refractivity contribution >= 4 is 5.69 Å². The van der Waals surface area contributed by atoms with Gasteiger partial charge in [0.25, 0.3) is 0 Å². The lowest BCUT2D eigenvalue weighted by Gasteiger charge is -2.61. The number of ether oxygens (including phenoxy) is 1. The summed E-state index contributed by atoms with van der Waals surface area (Å²) in [4.78, 5) is 18.0. The average Bonchev–Trinajstić information content (AvgIpc) is 2.89. The summed E-state index contributed by atoms with van der Waals surface area (Å²) in [5.41, 5.74) is 1.87. The van der Waals surface area contributed by atoms with Crippen molar-refractivity contribution in [3.05, 3.63) is 66.2 Å². The quantitative estimate of drug-likeness (QED) is 0.611. The van der Waals surface area contributed by atoms with Gasteiger partial charge in [0, 0.05) is 50.2 Å². The van der Waals surface area contributed by atoms with Crippen molar-refractivity contribution in [2.75, 3.05) is 44.2 Å². The van der Waals surface area contributed by atoms with Gasteiger partial charge < -0.3 is 9.64 Å². The van der Waals surface area contributed by atoms with Gasteiger partial charge in [0.05, 0.1) is 6.61 Å². The largest absolute Gasteiger partial charge is 0.369 e. The summed E-state index contributed by atoms with van der Waals surface area (Å²) in [6, 6.07) is 21.3. The first-order valence-corrected chi connectivity index (χ1v) is 13.3. The first-order valence-electron chi connectivity index (χ1n) is 13.3. The van der Waals surface area contributed by atoms with E-state index in [9.17, 15) is 0 Å². The molecule has 2 aliphatic heterocycles. The average molecular weight is 461 g/mol. The number of benzene rings is 2. The van der Waals surface area contributed by atoms with Gasteiger partial charge in [0.2, 0.25) is 5.79 Å². The highest BCUT2D eigenvalue weighted by Crippen LogP contribution is 2.61. The Balaban J connectivity index is 1.09. The number of hydrogen-bond donors (Lipinski definition) is 0. The van der Waals surface area contributed by atoms with Gasteiger partial charge >= 0.3 is 0 Å². The number of hydrogen-bond acceptors (Lipinski definition) is 5. The molecular formula is C29H36N2O3. The van der Waals surface area contributed by atoms with Crippen LogP contribution >= 0.6 is 0 Å². The van der Waals surface area contributed by atoms with Crippen LogP contribution in [0.2, 0.25) is 0 Å². The molecule has 2 saturated heterocycles. The topological polar surface area (TPSA) is 34.2 Å². The first kappa shape index (κ1) is 21.4. The van der Waals surface area contributed by atoms with E-state index >= 15 is 0 Å². The van der Waals surface area contributed by atoms with Crippen LogP contribution in [0.1, 0.15) is 37.7 Å². The molecule has 180 valence electrons. The summed E-state index contributed by atoms with van der Waals surface area (Å²) in [5, 5.41) is 0. The number of rotatable bonds is 4. The van der Waals surface area contributed by atoms with Crippen LogP contribution in [-0.2, 0) is 20.1 Å². The molecule has 4 bridgehead atoms. The standard InChI is InChI=1S/C29H36N2O3/c1-3-7-24(8-4-1)28(20-30-11-13-31(14-12-30)27-9-5-2-6-10-27)21-32-29(34-33-28)25-16-22-15-23(18-25)19-26(29)17-22/h1-10,22-23,25-26H,11-21H2. The van der Waals surface area contributed by atoms with Gasteiger partial charge in [-0.3, -0.25) is 4.90 Å². The van der Waals surface area contributed by atoms with Gasteiger partial charge in [-0.25, -0.2) is 4.89 Å². The van der Waals surface area contributed by atoms with Crippen LogP contribution in [0.5, 0.6) is 0 Å². The summed E-state index contributed by atoms with van der Waals surface area (Å²) in [7, 11) is 0. The fourth-order valence-electron chi connectivity index (χ4n) is 7.84. The Morgan fingerprint density at radius 2 is 1.32 bits per heavy atom. The van der Waals surface area contributed by atoms with E-state index in [2.05, 4.69) is 70.5 Å². The third-order valence-electron chi connectivity index (χ3n) is 9.41. The van der Waals surface area contributed by atoms with E-state index in [1.807, 2.05) is 0 Å². The minimum absolute atomic E-state index is 0.493. The van der Waals surface area contributed by atoms with E-state index < -0.39 is 11.4 Å². The number of para-hydroxylation sites is 1. The normalized spacial score (nSPS) is 39.6. The molecule has 4 saturated carbocycles. The summed E-state index contributed by atoms with van der Waals surface area (Å²) in [5.74, 6) is 2.22. The molecular weight excluding hydrogens is 424 g/mol. The van der Waals surface area contributed by atoms with E-state index in [4.69, 9.17) is 14.5 Å². The molecule has 1 spiro atoms. The van der Waals surface area contributed by atoms with Crippen molar-refractivity contribution < 1.29 is 14.5 Å². The van der Waals surface area contributed by atoms with E-state index in [1.165, 1.54) is 37.8 Å². The maximum absolute atomic E-state index is 6.86. The lowest BCUT2D eigenvalue weighted by atomic mass is 9.53. The maximum atomic E-state index is 6.86. The predicted octanol–water partition coefficient (Wildman–Crippen LogP) is 4.83. The van der Waals surface area contributed by atoms with E-state index in [1.54, 1.807) is 0 Å². The van der Waals surface area contributed by atoms with Crippen molar-refractivity contribution in [3.8, 4) is 0 Å². The first-order chi connectivity index (χ1) is 16.7. The molecule has 2 heterocycles. The minimum atomic E-state index is -0.587. The zero-order chi connectivity index (χ0) is 22.6. The van der Waals surface area contributed by atoms with Gasteiger partial charge in [-0.2, -0.15) is 4.89 Å². The second kappa shape index (κ2) is 8.34. The van der Waals surface area contributed by atoms with Crippen molar-refractivity contribution in [1.82, 2.24) is 4.90 Å². The van der Waals surface area contributed by atoms with Crippen LogP contribution in [0, 0.1) is 23.7 Å². The summed E-state index contributed by atoms with van der Waals surface area (Å²) >= 11 is 0. The van der Waals surface area contributed by atoms with Crippen LogP contribution in [-0.4, -0.2) is 50.0 Å². The van der Waals surface area contributed by atoms with E-state index in [-0.39, 0.29) is 0 Å². The predicted molar refractivity (Wildman–Crippen MR) is 131 cm³/mol. The van der Waals surface area contributed by atoms with Gasteiger partial charge in [-0.05, 0) is 61.6 Å². The lowest BCUT2D eigenvalue weighted by molar-refractivity contribution is -0.550. The molecule has 4 aliphatic carbocycles. The Kier molecular flexibility index (Phi) is 5.24. The Hall–Kier alpha value is -1.92. The van der Waals surface area contributed by atoms with Crippen molar-refractivity contribution in [1.29, 1.82) is 0 Å². The highest BCUT2D eigenvalue weighted by molar-refractivity contribution is 5.46. The van der Waals surface area contributed by atoms with Crippen LogP contribution < -0.4 is 4.90 Å². The molecule has 6 fully saturated rings. The van der Waals surface area contributed by atoms with Crippen molar-refractivity contribution in [2.45, 2.75) is 43.5 Å². The van der Waals surface area contributed by atoms with Gasteiger partial charge in [-0.1, -0.05) is 48.5 Å². The Bertz CT molecular complexity index is 951. The molecule has 0 aromatic heterocycles. The fraction of sp³-hybridized carbons (Fsp3) is 0.586. The summed E-state index contributed by atoms with van der Waals surface area (Å²) < 4.78 is 6.86. The van der Waals surface area contributed by atoms with E-state index in [0.717, 1.165) is 50.1 Å². The lowest BCUT2D eigenvalue weighted by Crippen LogP contribution is -2.66. The van der Waals surface area contributed by atoms with Gasteiger partial charge in [0.15, 0.2) is 5.60 Å². The molecule has 5 heteroatoms. The summed E-state index contributed by atoms with van der Waals surface area (Å²) in [6.07, 6.45) is 6.41. The molecule has 0 amide bonds. The van der Waals surface area contributed by atoms with Crippen LogP contribution in [0.3, 0.4) is 0 Å². The molecule has 1 atom stereocenters. The van der Waals surface area contributed by atoms with Crippen LogP contribution in [0.25, 0.3) is 0 Å². The zero-order valence-electron chi connectivity index (χ0n) is 20.0. The Labute approximate surface area is 202 Å². The monoisotopic (exact) mass is 460 g/mol. The Morgan fingerprint density at radius 3 is 1.91 bits per heavy atom. The van der Waals surface area contributed by atoms with Crippen molar-refractivity contribution in [3.63, 3.8) is 0 Å². The van der Waals surface area contributed by atoms with Crippen molar-refractivity contribution in [2.24, 2.45) is 23.7 Å². The highest BCUT2D eigenvalue weighted by Gasteiger charge is 2.63. The van der Waals surface area contributed by atoms with Crippen LogP contribution in [0.4, 0.5) is 5.69 Å². The molecule has 0 N–H and O–H groups in total. The Morgan fingerprint density at radius 1 is 0.706 bits per heavy atom. The molecule has 1 unspecified atom stereocenters. The van der Waals surface area contributed by atoms with Gasteiger partial charge in [0.1, 0.15) is 0 Å². The second-order valence-corrected chi connectivity index (χ2v) is 11.4. The molecule has 2 aromatic carbocycles. The molecule has 2 aromatic rings. The molecule has 5 nitrogen and oxygen atoms in total. The third-order valence-corrected chi connectivity index (χ3v) is 9.41. The molecule has 8 rings (SSSR count). The second-order valence-electron chi connectivity index (χ2n) is 11.4. The number of piperazine rings is 1. The maximum Gasteiger partial charge on any atom is 0.207 e. The number of nitrogens with zero attached hydrogens (tertiary/aromatic N) is 2. The molecule has 0 radical (unpaired) electrons. The smallest absolute Gasteiger partial charge is 0.207 e. The van der Waals surface area contributed by atoms with Gasteiger partial charge in [-0.15, -0.1) is 0 Å². The molecule has 6 aliphatic rings. The molecule has 34 heavy (non-hydrogen) atoms. The minimum Gasteiger partial charge on any atom is -0.369 e. The SMILES string of the molecule is c1ccc(N2CCN(CC3(c4ccccc4)COC4(OO3)C3CC5CC(C3)CC4C5)CC2)cc1. The third kappa shape index (κ3) is 3.51. The fourth-order valence-corrected chi connectivity index (χ4v) is 7.84. The number of anilines is 1. The highest BCUT2D eigenvalue weighted by atomic mass is 17.2. The summed E-state index contributed by atoms with van der Waals surface area (Å²) in [6.45, 7) is 5.41. The van der Waals surface area contributed by atoms with Crippen LogP contribution in [0.15, 0.2) is 60.7 Å². The van der Waals surface area contributed by atoms with E-state index in [0.29, 0.717) is 18.4 Å². The zero-order valence-corrected chi connectivity index (χ0v) is 20.0.